The number of nitrogens with zero attached hydrogens (tertiary/aromatic N) is 2. The summed E-state index contributed by atoms with van der Waals surface area (Å²) in [5, 5.41) is 8.99. The number of carboxylic acid groups (broad SMARTS) is 1. The summed E-state index contributed by atoms with van der Waals surface area (Å²) in [6.45, 7) is 2.22. The van der Waals surface area contributed by atoms with Gasteiger partial charge in [0.05, 0.1) is 23.8 Å². The highest BCUT2D eigenvalue weighted by Crippen LogP contribution is 2.35. The molecule has 0 amide bonds. The van der Waals surface area contributed by atoms with Gasteiger partial charge in [0.15, 0.2) is 0 Å². The van der Waals surface area contributed by atoms with E-state index in [0.717, 1.165) is 5.69 Å². The maximum Gasteiger partial charge on any atom is 0.335 e. The summed E-state index contributed by atoms with van der Waals surface area (Å²) in [4.78, 5) is 15.1. The molecule has 1 heterocycles. The maximum atomic E-state index is 11.0. The lowest BCUT2D eigenvalue weighted by Gasteiger charge is -2.10. The minimum atomic E-state index is -0.916. The summed E-state index contributed by atoms with van der Waals surface area (Å²) in [6.07, 6.45) is 6.07. The second-order valence-corrected chi connectivity index (χ2v) is 5.09. The molecule has 3 rings (SSSR count). The van der Waals surface area contributed by atoms with Gasteiger partial charge in [-0.1, -0.05) is 0 Å². The van der Waals surface area contributed by atoms with Crippen LogP contribution >= 0.6 is 0 Å². The van der Waals surface area contributed by atoms with Crippen LogP contribution in [-0.4, -0.2) is 20.6 Å². The lowest BCUT2D eigenvalue weighted by atomic mass is 10.1. The number of hydrogen-bond acceptors (Lipinski definition) is 3. The topological polar surface area (TPSA) is 64.4 Å². The van der Waals surface area contributed by atoms with E-state index in [-0.39, 0.29) is 0 Å². The highest BCUT2D eigenvalue weighted by Gasteiger charge is 2.25. The third-order valence-electron chi connectivity index (χ3n) is 3.50. The summed E-state index contributed by atoms with van der Waals surface area (Å²) in [7, 11) is 0. The van der Waals surface area contributed by atoms with Crippen molar-refractivity contribution in [1.29, 1.82) is 0 Å². The molecule has 1 N–H and O–H groups in total. The van der Waals surface area contributed by atoms with Crippen molar-refractivity contribution in [1.82, 2.24) is 9.55 Å². The summed E-state index contributed by atoms with van der Waals surface area (Å²) in [6, 6.07) is 5.59. The van der Waals surface area contributed by atoms with Gasteiger partial charge in [-0.15, -0.1) is 0 Å². The Morgan fingerprint density at radius 2 is 2.30 bits per heavy atom. The van der Waals surface area contributed by atoms with Gasteiger partial charge < -0.3 is 14.4 Å². The van der Waals surface area contributed by atoms with E-state index >= 15 is 0 Å². The van der Waals surface area contributed by atoms with Crippen LogP contribution < -0.4 is 4.74 Å². The zero-order chi connectivity index (χ0) is 14.1. The Labute approximate surface area is 116 Å². The van der Waals surface area contributed by atoms with Crippen LogP contribution in [-0.2, 0) is 6.61 Å². The fourth-order valence-corrected chi connectivity index (χ4v) is 2.25. The van der Waals surface area contributed by atoms with Gasteiger partial charge in [0.2, 0.25) is 0 Å². The fraction of sp³-hybridized carbons (Fsp3) is 0.333. The van der Waals surface area contributed by atoms with Gasteiger partial charge in [-0.05, 0) is 43.5 Å². The third-order valence-corrected chi connectivity index (χ3v) is 3.50. The van der Waals surface area contributed by atoms with Crippen LogP contribution in [0.25, 0.3) is 0 Å². The number of benzene rings is 1. The number of carboxylic acids is 1. The average molecular weight is 272 g/mol. The zero-order valence-electron chi connectivity index (χ0n) is 11.2. The molecular weight excluding hydrogens is 256 g/mol. The highest BCUT2D eigenvalue weighted by atomic mass is 16.5. The molecule has 1 aliphatic carbocycles. The SMILES string of the molecule is Cc1cc(OCc2cncn2C2CC2)ccc1C(=O)O. The molecule has 1 saturated carbocycles. The number of carbonyl (C=O) groups is 1. The second kappa shape index (κ2) is 5.00. The third kappa shape index (κ3) is 2.52. The Balaban J connectivity index is 1.70. The molecule has 1 aromatic heterocycles. The minimum absolute atomic E-state index is 0.306. The predicted octanol–water partition coefficient (Wildman–Crippen LogP) is 2.80. The number of ether oxygens (including phenoxy) is 1. The molecule has 1 fully saturated rings. The lowest BCUT2D eigenvalue weighted by Crippen LogP contribution is -2.04. The normalized spacial score (nSPS) is 14.2. The van der Waals surface area contributed by atoms with Crippen molar-refractivity contribution in [3.63, 3.8) is 0 Å². The summed E-state index contributed by atoms with van der Waals surface area (Å²) in [5.74, 6) is -0.239. The first-order valence-electron chi connectivity index (χ1n) is 6.62. The van der Waals surface area contributed by atoms with E-state index in [2.05, 4.69) is 9.55 Å². The molecule has 104 valence electrons. The van der Waals surface area contributed by atoms with E-state index in [1.165, 1.54) is 12.8 Å². The monoisotopic (exact) mass is 272 g/mol. The Hall–Kier alpha value is -2.30. The number of aromatic carboxylic acids is 1. The first-order chi connectivity index (χ1) is 9.65. The van der Waals surface area contributed by atoms with Gasteiger partial charge >= 0.3 is 5.97 Å². The number of imidazole rings is 1. The molecule has 5 nitrogen and oxygen atoms in total. The van der Waals surface area contributed by atoms with Gasteiger partial charge in [0, 0.05) is 6.04 Å². The van der Waals surface area contributed by atoms with E-state index in [1.54, 1.807) is 25.1 Å². The molecule has 0 aliphatic heterocycles. The lowest BCUT2D eigenvalue weighted by molar-refractivity contribution is 0.0696. The minimum Gasteiger partial charge on any atom is -0.487 e. The van der Waals surface area contributed by atoms with Crippen molar-refractivity contribution in [2.24, 2.45) is 0 Å². The molecular formula is C15H16N2O3. The van der Waals surface area contributed by atoms with Crippen molar-refractivity contribution in [3.8, 4) is 5.75 Å². The number of aryl methyl sites for hydroxylation is 1. The molecule has 1 aliphatic rings. The van der Waals surface area contributed by atoms with Gasteiger partial charge in [0.1, 0.15) is 12.4 Å². The molecule has 0 unspecified atom stereocenters. The first kappa shape index (κ1) is 12.7. The Morgan fingerprint density at radius 1 is 1.50 bits per heavy atom. The first-order valence-corrected chi connectivity index (χ1v) is 6.62. The molecule has 5 heteroatoms. The molecule has 0 saturated heterocycles. The van der Waals surface area contributed by atoms with Crippen molar-refractivity contribution < 1.29 is 14.6 Å². The predicted molar refractivity (Wildman–Crippen MR) is 73.0 cm³/mol. The van der Waals surface area contributed by atoms with Crippen molar-refractivity contribution in [2.75, 3.05) is 0 Å². The van der Waals surface area contributed by atoms with Gasteiger partial charge in [-0.25, -0.2) is 9.78 Å². The van der Waals surface area contributed by atoms with Crippen molar-refractivity contribution in [3.05, 3.63) is 47.5 Å². The van der Waals surface area contributed by atoms with Crippen LogP contribution in [0.3, 0.4) is 0 Å². The Bertz CT molecular complexity index is 644. The van der Waals surface area contributed by atoms with E-state index in [9.17, 15) is 4.79 Å². The van der Waals surface area contributed by atoms with Crippen LogP contribution in [0.2, 0.25) is 0 Å². The van der Waals surface area contributed by atoms with Crippen LogP contribution in [0.15, 0.2) is 30.7 Å². The maximum absolute atomic E-state index is 11.0. The average Bonchev–Trinajstić information content (AvgIpc) is 3.15. The Morgan fingerprint density at radius 3 is 2.95 bits per heavy atom. The van der Waals surface area contributed by atoms with Crippen molar-refractivity contribution >= 4 is 5.97 Å². The largest absolute Gasteiger partial charge is 0.487 e. The fourth-order valence-electron chi connectivity index (χ4n) is 2.25. The molecule has 0 spiro atoms. The van der Waals surface area contributed by atoms with E-state index < -0.39 is 5.97 Å². The molecule has 2 aromatic rings. The molecule has 0 radical (unpaired) electrons. The van der Waals surface area contributed by atoms with Crippen molar-refractivity contribution in [2.45, 2.75) is 32.4 Å². The molecule has 0 bridgehead atoms. The summed E-state index contributed by atoms with van der Waals surface area (Å²) < 4.78 is 7.88. The molecule has 1 aromatic carbocycles. The van der Waals surface area contributed by atoms with Crippen LogP contribution in [0.1, 0.15) is 40.5 Å². The second-order valence-electron chi connectivity index (χ2n) is 5.09. The van der Waals surface area contributed by atoms with Gasteiger partial charge in [-0.3, -0.25) is 0 Å². The summed E-state index contributed by atoms with van der Waals surface area (Å²) >= 11 is 0. The molecule has 20 heavy (non-hydrogen) atoms. The smallest absolute Gasteiger partial charge is 0.335 e. The van der Waals surface area contributed by atoms with E-state index in [0.29, 0.717) is 29.5 Å². The van der Waals surface area contributed by atoms with Crippen LogP contribution in [0.5, 0.6) is 5.75 Å². The summed E-state index contributed by atoms with van der Waals surface area (Å²) in [5.41, 5.74) is 2.05. The number of aromatic nitrogens is 2. The highest BCUT2D eigenvalue weighted by molar-refractivity contribution is 5.89. The van der Waals surface area contributed by atoms with E-state index in [1.807, 2.05) is 12.5 Å². The van der Waals surface area contributed by atoms with Crippen LogP contribution in [0.4, 0.5) is 0 Å². The zero-order valence-corrected chi connectivity index (χ0v) is 11.2. The Kier molecular flexibility index (Phi) is 3.18. The van der Waals surface area contributed by atoms with Gasteiger partial charge in [0.25, 0.3) is 0 Å². The standard InChI is InChI=1S/C15H16N2O3/c1-10-6-13(4-5-14(10)15(18)19)20-8-12-7-16-9-17(12)11-2-3-11/h4-7,9,11H,2-3,8H2,1H3,(H,18,19). The molecule has 0 atom stereocenters. The quantitative estimate of drug-likeness (QED) is 0.909. The van der Waals surface area contributed by atoms with E-state index in [4.69, 9.17) is 9.84 Å². The number of hydrogen-bond donors (Lipinski definition) is 1. The van der Waals surface area contributed by atoms with Gasteiger partial charge in [-0.2, -0.15) is 0 Å². The van der Waals surface area contributed by atoms with Crippen LogP contribution in [0, 0.1) is 6.92 Å². The number of rotatable bonds is 5.